The lowest BCUT2D eigenvalue weighted by Gasteiger charge is -2.23. The molecule has 25 heavy (non-hydrogen) atoms. The van der Waals surface area contributed by atoms with Gasteiger partial charge in [-0.25, -0.2) is 4.98 Å². The SMILES string of the molecule is O=c1cc(C[C@H]2COCCN(Cc3ccc4[nH]ccc4c3)C2)nc[nH]1. The summed E-state index contributed by atoms with van der Waals surface area (Å²) in [5.41, 5.74) is 3.20. The molecule has 2 aromatic heterocycles. The molecule has 130 valence electrons. The Morgan fingerprint density at radius 3 is 3.12 bits per heavy atom. The Hall–Kier alpha value is -2.44. The van der Waals surface area contributed by atoms with Crippen LogP contribution < -0.4 is 5.56 Å². The summed E-state index contributed by atoms with van der Waals surface area (Å²) in [7, 11) is 0. The van der Waals surface area contributed by atoms with Crippen LogP contribution in [0.1, 0.15) is 11.3 Å². The van der Waals surface area contributed by atoms with Gasteiger partial charge in [0.2, 0.25) is 0 Å². The monoisotopic (exact) mass is 338 g/mol. The zero-order chi connectivity index (χ0) is 17.1. The highest BCUT2D eigenvalue weighted by Gasteiger charge is 2.20. The quantitative estimate of drug-likeness (QED) is 0.762. The zero-order valence-electron chi connectivity index (χ0n) is 14.1. The first-order chi connectivity index (χ1) is 12.3. The van der Waals surface area contributed by atoms with Crippen LogP contribution in [-0.2, 0) is 17.7 Å². The number of benzene rings is 1. The van der Waals surface area contributed by atoms with Gasteiger partial charge < -0.3 is 14.7 Å². The lowest BCUT2D eigenvalue weighted by Crippen LogP contribution is -2.30. The maximum absolute atomic E-state index is 11.5. The van der Waals surface area contributed by atoms with E-state index in [0.29, 0.717) is 12.5 Å². The Bertz CT molecular complexity index is 901. The smallest absolute Gasteiger partial charge is 0.250 e. The van der Waals surface area contributed by atoms with Crippen molar-refractivity contribution in [3.05, 3.63) is 64.5 Å². The summed E-state index contributed by atoms with van der Waals surface area (Å²) in [6.45, 7) is 4.22. The van der Waals surface area contributed by atoms with Gasteiger partial charge in [0.1, 0.15) is 0 Å². The topological polar surface area (TPSA) is 74.0 Å². The van der Waals surface area contributed by atoms with Crippen molar-refractivity contribution in [1.82, 2.24) is 19.9 Å². The molecule has 1 aliphatic heterocycles. The fourth-order valence-electron chi connectivity index (χ4n) is 3.50. The van der Waals surface area contributed by atoms with Gasteiger partial charge in [-0.15, -0.1) is 0 Å². The third kappa shape index (κ3) is 3.97. The number of aromatic amines is 2. The second kappa shape index (κ2) is 7.21. The molecule has 1 atom stereocenters. The Morgan fingerprint density at radius 2 is 2.20 bits per heavy atom. The molecule has 4 rings (SSSR count). The molecule has 1 fully saturated rings. The van der Waals surface area contributed by atoms with Crippen LogP contribution in [0.2, 0.25) is 0 Å². The molecule has 6 heteroatoms. The Kier molecular flexibility index (Phi) is 4.63. The van der Waals surface area contributed by atoms with Gasteiger partial charge in [0.15, 0.2) is 0 Å². The number of nitrogens with one attached hydrogen (secondary N) is 2. The molecule has 0 radical (unpaired) electrons. The average molecular weight is 338 g/mol. The largest absolute Gasteiger partial charge is 0.380 e. The van der Waals surface area contributed by atoms with Crippen molar-refractivity contribution in [3.8, 4) is 0 Å². The van der Waals surface area contributed by atoms with E-state index in [9.17, 15) is 4.79 Å². The predicted molar refractivity (Wildman–Crippen MR) is 96.4 cm³/mol. The predicted octanol–water partition coefficient (Wildman–Crippen LogP) is 1.94. The molecule has 0 unspecified atom stereocenters. The fourth-order valence-corrected chi connectivity index (χ4v) is 3.50. The number of rotatable bonds is 4. The van der Waals surface area contributed by atoms with Crippen molar-refractivity contribution in [2.45, 2.75) is 13.0 Å². The minimum atomic E-state index is -0.101. The highest BCUT2D eigenvalue weighted by molar-refractivity contribution is 5.79. The van der Waals surface area contributed by atoms with Crippen LogP contribution in [0.25, 0.3) is 10.9 Å². The van der Waals surface area contributed by atoms with E-state index in [1.54, 1.807) is 6.07 Å². The van der Waals surface area contributed by atoms with Gasteiger partial charge in [0.05, 0.1) is 19.5 Å². The molecule has 0 bridgehead atoms. The molecule has 1 aliphatic rings. The molecule has 2 N–H and O–H groups in total. The van der Waals surface area contributed by atoms with Gasteiger partial charge >= 0.3 is 0 Å². The molecule has 0 amide bonds. The maximum atomic E-state index is 11.5. The zero-order valence-corrected chi connectivity index (χ0v) is 14.1. The van der Waals surface area contributed by atoms with Crippen molar-refractivity contribution in [2.75, 3.05) is 26.3 Å². The number of aromatic nitrogens is 3. The third-order valence-corrected chi connectivity index (χ3v) is 4.68. The summed E-state index contributed by atoms with van der Waals surface area (Å²) in [6.07, 6.45) is 4.20. The van der Waals surface area contributed by atoms with Gasteiger partial charge in [-0.3, -0.25) is 9.69 Å². The molecule has 3 heterocycles. The number of nitrogens with zero attached hydrogens (tertiary/aromatic N) is 2. The lowest BCUT2D eigenvalue weighted by atomic mass is 10.0. The first-order valence-electron chi connectivity index (χ1n) is 8.66. The van der Waals surface area contributed by atoms with Crippen LogP contribution in [0.15, 0.2) is 47.7 Å². The number of fused-ring (bicyclic) bond motifs is 1. The van der Waals surface area contributed by atoms with E-state index in [1.807, 2.05) is 6.20 Å². The molecule has 0 aliphatic carbocycles. The van der Waals surface area contributed by atoms with Gasteiger partial charge in [0, 0.05) is 49.0 Å². The van der Waals surface area contributed by atoms with E-state index in [0.717, 1.165) is 38.4 Å². The molecule has 0 saturated carbocycles. The average Bonchev–Trinajstić information content (AvgIpc) is 2.95. The van der Waals surface area contributed by atoms with Crippen LogP contribution in [-0.4, -0.2) is 46.2 Å². The van der Waals surface area contributed by atoms with Gasteiger partial charge in [-0.2, -0.15) is 0 Å². The van der Waals surface area contributed by atoms with Crippen molar-refractivity contribution < 1.29 is 4.74 Å². The molecule has 0 spiro atoms. The second-order valence-electron chi connectivity index (χ2n) is 6.68. The van der Waals surface area contributed by atoms with E-state index in [2.05, 4.69) is 44.1 Å². The van der Waals surface area contributed by atoms with Gasteiger partial charge in [-0.1, -0.05) is 6.07 Å². The number of ether oxygens (including phenoxy) is 1. The van der Waals surface area contributed by atoms with Crippen LogP contribution in [0, 0.1) is 5.92 Å². The van der Waals surface area contributed by atoms with Gasteiger partial charge in [0.25, 0.3) is 5.56 Å². The van der Waals surface area contributed by atoms with Crippen LogP contribution in [0.3, 0.4) is 0 Å². The summed E-state index contributed by atoms with van der Waals surface area (Å²) in [6, 6.07) is 10.2. The molecular formula is C19H22N4O2. The molecule has 3 aromatic rings. The lowest BCUT2D eigenvalue weighted by molar-refractivity contribution is 0.121. The summed E-state index contributed by atoms with van der Waals surface area (Å²) in [5, 5.41) is 1.24. The second-order valence-corrected chi connectivity index (χ2v) is 6.68. The highest BCUT2D eigenvalue weighted by atomic mass is 16.5. The van der Waals surface area contributed by atoms with E-state index in [4.69, 9.17) is 4.74 Å². The number of hydrogen-bond acceptors (Lipinski definition) is 4. The van der Waals surface area contributed by atoms with Crippen molar-refractivity contribution >= 4 is 10.9 Å². The normalized spacial score (nSPS) is 19.1. The first kappa shape index (κ1) is 16.1. The first-order valence-corrected chi connectivity index (χ1v) is 8.66. The Labute approximate surface area is 145 Å². The summed E-state index contributed by atoms with van der Waals surface area (Å²) >= 11 is 0. The minimum Gasteiger partial charge on any atom is -0.380 e. The van der Waals surface area contributed by atoms with Crippen LogP contribution >= 0.6 is 0 Å². The van der Waals surface area contributed by atoms with E-state index in [-0.39, 0.29) is 5.56 Å². The minimum absolute atomic E-state index is 0.101. The van der Waals surface area contributed by atoms with E-state index >= 15 is 0 Å². The van der Waals surface area contributed by atoms with Crippen LogP contribution in [0.5, 0.6) is 0 Å². The number of hydrogen-bond donors (Lipinski definition) is 2. The highest BCUT2D eigenvalue weighted by Crippen LogP contribution is 2.18. The molecule has 1 aromatic carbocycles. The van der Waals surface area contributed by atoms with Crippen molar-refractivity contribution in [3.63, 3.8) is 0 Å². The molecule has 6 nitrogen and oxygen atoms in total. The standard InChI is InChI=1S/C19H22N4O2/c24-19-9-17(21-13-22-19)8-15-11-23(5-6-25-12-15)10-14-1-2-18-16(7-14)3-4-20-18/h1-4,7,9,13,15,20H,5-6,8,10-12H2,(H,21,22,24)/t15-/m1/s1. The fraction of sp³-hybridized carbons (Fsp3) is 0.368. The van der Waals surface area contributed by atoms with Crippen molar-refractivity contribution in [2.24, 2.45) is 5.92 Å². The van der Waals surface area contributed by atoms with Crippen LogP contribution in [0.4, 0.5) is 0 Å². The molecular weight excluding hydrogens is 316 g/mol. The summed E-state index contributed by atoms with van der Waals surface area (Å²) in [4.78, 5) is 23.9. The number of H-pyrrole nitrogens is 2. The molecule has 1 saturated heterocycles. The Balaban J connectivity index is 1.44. The summed E-state index contributed by atoms with van der Waals surface area (Å²) < 4.78 is 5.77. The van der Waals surface area contributed by atoms with E-state index in [1.165, 1.54) is 22.8 Å². The summed E-state index contributed by atoms with van der Waals surface area (Å²) in [5.74, 6) is 0.341. The third-order valence-electron chi connectivity index (χ3n) is 4.68. The van der Waals surface area contributed by atoms with Crippen molar-refractivity contribution in [1.29, 1.82) is 0 Å². The van der Waals surface area contributed by atoms with Gasteiger partial charge in [-0.05, 0) is 35.6 Å². The Morgan fingerprint density at radius 1 is 1.24 bits per heavy atom. The maximum Gasteiger partial charge on any atom is 0.250 e. The van der Waals surface area contributed by atoms with E-state index < -0.39 is 0 Å².